The Morgan fingerprint density at radius 1 is 1.62 bits per heavy atom. The third kappa shape index (κ3) is 1.19. The largest absolute Gasteiger partial charge is 0.491 e. The lowest BCUT2D eigenvalue weighted by atomic mass is 10.4. The minimum atomic E-state index is -0.392. The lowest BCUT2D eigenvalue weighted by Crippen LogP contribution is -1.92. The van der Waals surface area contributed by atoms with E-state index >= 15 is 0 Å². The van der Waals surface area contributed by atoms with E-state index in [1.54, 1.807) is 16.9 Å². The fourth-order valence-corrected chi connectivity index (χ4v) is 1.67. The molecule has 0 spiro atoms. The lowest BCUT2D eigenvalue weighted by Gasteiger charge is -2.03. The number of hydrogen-bond acceptors (Lipinski definition) is 2. The van der Waals surface area contributed by atoms with Crippen LogP contribution in [0.15, 0.2) is 23.2 Å². The standard InChI is InChI=1S/C8H6BrFN2O/c1-13-7-5(10)2-3-12-4-11-8(9)6(7)12/h2-4H,1H3. The second kappa shape index (κ2) is 2.99. The molecule has 0 fully saturated rings. The van der Waals surface area contributed by atoms with Crippen LogP contribution in [0.5, 0.6) is 5.75 Å². The number of pyridine rings is 1. The van der Waals surface area contributed by atoms with E-state index in [0.29, 0.717) is 10.1 Å². The number of imidazole rings is 1. The summed E-state index contributed by atoms with van der Waals surface area (Å²) in [6.07, 6.45) is 3.17. The molecule has 2 heterocycles. The number of halogens is 2. The summed E-state index contributed by atoms with van der Waals surface area (Å²) < 4.78 is 20.4. The predicted molar refractivity (Wildman–Crippen MR) is 49.4 cm³/mol. The molecular weight excluding hydrogens is 239 g/mol. The minimum Gasteiger partial charge on any atom is -0.491 e. The molecule has 68 valence electrons. The van der Waals surface area contributed by atoms with Crippen molar-refractivity contribution in [2.75, 3.05) is 7.11 Å². The van der Waals surface area contributed by atoms with Gasteiger partial charge < -0.3 is 9.14 Å². The van der Waals surface area contributed by atoms with Gasteiger partial charge in [-0.3, -0.25) is 0 Å². The van der Waals surface area contributed by atoms with Crippen LogP contribution >= 0.6 is 15.9 Å². The summed E-state index contributed by atoms with van der Waals surface area (Å²) in [5.74, 6) is -0.192. The highest BCUT2D eigenvalue weighted by Gasteiger charge is 2.11. The SMILES string of the molecule is COc1c(F)ccn2cnc(Br)c12. The average Bonchev–Trinajstić information content (AvgIpc) is 2.49. The summed E-state index contributed by atoms with van der Waals surface area (Å²) in [7, 11) is 1.43. The van der Waals surface area contributed by atoms with Crippen molar-refractivity contribution in [3.05, 3.63) is 29.0 Å². The fraction of sp³-hybridized carbons (Fsp3) is 0.125. The average molecular weight is 245 g/mol. The highest BCUT2D eigenvalue weighted by Crippen LogP contribution is 2.28. The second-order valence-electron chi connectivity index (χ2n) is 2.49. The maximum Gasteiger partial charge on any atom is 0.181 e. The number of nitrogens with zero attached hydrogens (tertiary/aromatic N) is 2. The number of methoxy groups -OCH3 is 1. The van der Waals surface area contributed by atoms with Gasteiger partial charge in [-0.25, -0.2) is 9.37 Å². The first kappa shape index (κ1) is 8.50. The smallest absolute Gasteiger partial charge is 0.181 e. The van der Waals surface area contributed by atoms with Crippen molar-refractivity contribution in [1.82, 2.24) is 9.38 Å². The molecule has 0 aromatic carbocycles. The molecule has 0 aliphatic rings. The van der Waals surface area contributed by atoms with Crippen LogP contribution in [0.2, 0.25) is 0 Å². The van der Waals surface area contributed by atoms with E-state index in [-0.39, 0.29) is 5.75 Å². The number of aromatic nitrogens is 2. The minimum absolute atomic E-state index is 0.201. The number of fused-ring (bicyclic) bond motifs is 1. The van der Waals surface area contributed by atoms with Crippen molar-refractivity contribution >= 4 is 21.4 Å². The molecule has 0 aliphatic carbocycles. The molecule has 5 heteroatoms. The van der Waals surface area contributed by atoms with Crippen LogP contribution in [0.25, 0.3) is 5.52 Å². The van der Waals surface area contributed by atoms with E-state index in [9.17, 15) is 4.39 Å². The van der Waals surface area contributed by atoms with Crippen molar-refractivity contribution in [2.24, 2.45) is 0 Å². The molecule has 0 atom stereocenters. The first-order valence-electron chi connectivity index (χ1n) is 3.58. The van der Waals surface area contributed by atoms with Crippen LogP contribution in [0.3, 0.4) is 0 Å². The molecule has 2 aromatic heterocycles. The topological polar surface area (TPSA) is 26.5 Å². The van der Waals surface area contributed by atoms with Crippen molar-refractivity contribution < 1.29 is 9.13 Å². The molecule has 0 N–H and O–H groups in total. The van der Waals surface area contributed by atoms with Gasteiger partial charge in [0.05, 0.1) is 7.11 Å². The van der Waals surface area contributed by atoms with Crippen LogP contribution in [0.4, 0.5) is 4.39 Å². The van der Waals surface area contributed by atoms with E-state index < -0.39 is 5.82 Å². The number of hydrogen-bond donors (Lipinski definition) is 0. The normalized spacial score (nSPS) is 10.7. The second-order valence-corrected chi connectivity index (χ2v) is 3.24. The summed E-state index contributed by atoms with van der Waals surface area (Å²) in [5.41, 5.74) is 0.600. The molecule has 2 aromatic rings. The first-order valence-corrected chi connectivity index (χ1v) is 4.38. The summed E-state index contributed by atoms with van der Waals surface area (Å²) in [5, 5.41) is 0. The van der Waals surface area contributed by atoms with Crippen molar-refractivity contribution in [1.29, 1.82) is 0 Å². The van der Waals surface area contributed by atoms with Crippen LogP contribution in [-0.4, -0.2) is 16.5 Å². The summed E-state index contributed by atoms with van der Waals surface area (Å²) in [6, 6.07) is 1.33. The number of rotatable bonds is 1. The van der Waals surface area contributed by atoms with Gasteiger partial charge in [0.25, 0.3) is 0 Å². The summed E-state index contributed by atoms with van der Waals surface area (Å²) in [4.78, 5) is 3.98. The zero-order valence-electron chi connectivity index (χ0n) is 6.79. The van der Waals surface area contributed by atoms with E-state index in [1.165, 1.54) is 13.2 Å². The van der Waals surface area contributed by atoms with Crippen molar-refractivity contribution in [2.45, 2.75) is 0 Å². The highest BCUT2D eigenvalue weighted by molar-refractivity contribution is 9.10. The van der Waals surface area contributed by atoms with Crippen molar-refractivity contribution in [3.63, 3.8) is 0 Å². The van der Waals surface area contributed by atoms with Gasteiger partial charge in [0.1, 0.15) is 16.4 Å². The maximum absolute atomic E-state index is 13.2. The van der Waals surface area contributed by atoms with Gasteiger partial charge in [-0.05, 0) is 22.0 Å². The van der Waals surface area contributed by atoms with E-state index in [2.05, 4.69) is 20.9 Å². The maximum atomic E-state index is 13.2. The van der Waals surface area contributed by atoms with Gasteiger partial charge in [0.2, 0.25) is 0 Å². The Labute approximate surface area is 82.3 Å². The zero-order valence-corrected chi connectivity index (χ0v) is 8.38. The van der Waals surface area contributed by atoms with E-state index in [4.69, 9.17) is 4.74 Å². The third-order valence-electron chi connectivity index (χ3n) is 1.77. The van der Waals surface area contributed by atoms with Gasteiger partial charge in [-0.2, -0.15) is 0 Å². The molecule has 0 saturated heterocycles. The van der Waals surface area contributed by atoms with Gasteiger partial charge in [-0.1, -0.05) is 0 Å². The Balaban J connectivity index is 2.88. The Morgan fingerprint density at radius 2 is 2.38 bits per heavy atom. The van der Waals surface area contributed by atoms with Gasteiger partial charge in [0, 0.05) is 6.20 Å². The molecule has 13 heavy (non-hydrogen) atoms. The van der Waals surface area contributed by atoms with Crippen LogP contribution in [0.1, 0.15) is 0 Å². The predicted octanol–water partition coefficient (Wildman–Crippen LogP) is 2.24. The fourth-order valence-electron chi connectivity index (χ4n) is 1.19. The molecule has 0 amide bonds. The zero-order chi connectivity index (χ0) is 9.42. The van der Waals surface area contributed by atoms with E-state index in [1.807, 2.05) is 0 Å². The Morgan fingerprint density at radius 3 is 3.08 bits per heavy atom. The van der Waals surface area contributed by atoms with Crippen LogP contribution in [0, 0.1) is 5.82 Å². The Bertz CT molecular complexity index is 455. The van der Waals surface area contributed by atoms with Crippen LogP contribution in [-0.2, 0) is 0 Å². The molecule has 2 rings (SSSR count). The number of ether oxygens (including phenoxy) is 1. The highest BCUT2D eigenvalue weighted by atomic mass is 79.9. The van der Waals surface area contributed by atoms with Gasteiger partial charge in [0.15, 0.2) is 11.6 Å². The van der Waals surface area contributed by atoms with Crippen LogP contribution < -0.4 is 4.74 Å². The molecular formula is C8H6BrFN2O. The monoisotopic (exact) mass is 244 g/mol. The van der Waals surface area contributed by atoms with Crippen molar-refractivity contribution in [3.8, 4) is 5.75 Å². The molecule has 3 nitrogen and oxygen atoms in total. The quantitative estimate of drug-likeness (QED) is 0.770. The summed E-state index contributed by atoms with van der Waals surface area (Å²) >= 11 is 3.21. The van der Waals surface area contributed by atoms with E-state index in [0.717, 1.165) is 0 Å². The lowest BCUT2D eigenvalue weighted by molar-refractivity contribution is 0.389. The molecule has 0 aliphatic heterocycles. The van der Waals surface area contributed by atoms with Gasteiger partial charge in [-0.15, -0.1) is 0 Å². The molecule has 0 unspecified atom stereocenters. The Kier molecular flexibility index (Phi) is 1.95. The van der Waals surface area contributed by atoms with Gasteiger partial charge >= 0.3 is 0 Å². The first-order chi connectivity index (χ1) is 6.24. The Hall–Kier alpha value is -1.10. The molecule has 0 saturated carbocycles. The summed E-state index contributed by atoms with van der Waals surface area (Å²) in [6.45, 7) is 0. The third-order valence-corrected chi connectivity index (χ3v) is 2.35. The molecule has 0 radical (unpaired) electrons. The molecule has 0 bridgehead atoms.